The highest BCUT2D eigenvalue weighted by molar-refractivity contribution is 7.90. The first-order chi connectivity index (χ1) is 12.7. The number of esters is 1. The van der Waals surface area contributed by atoms with Crippen molar-refractivity contribution in [1.82, 2.24) is 19.3 Å². The van der Waals surface area contributed by atoms with Crippen molar-refractivity contribution in [1.29, 1.82) is 0 Å². The summed E-state index contributed by atoms with van der Waals surface area (Å²) in [6.45, 7) is 3.56. The molecule has 0 bridgehead atoms. The Bertz CT molecular complexity index is 1170. The molecular weight excluding hydrogens is 372 g/mol. The molecule has 9 nitrogen and oxygen atoms in total. The molecule has 10 heteroatoms. The molecule has 0 saturated heterocycles. The maximum atomic E-state index is 12.7. The molecule has 0 spiro atoms. The smallest absolute Gasteiger partial charge is 0.339 e. The Kier molecular flexibility index (Phi) is 4.66. The van der Waals surface area contributed by atoms with E-state index in [0.29, 0.717) is 11.3 Å². The number of hydrogen-bond donors (Lipinski definition) is 1. The SMILES string of the molecule is COC(=O)c1ccccc1S(=O)(=O)NC(=O)c1cnc2c(C)cc(C)nn12. The van der Waals surface area contributed by atoms with Crippen LogP contribution in [0.25, 0.3) is 5.65 Å². The van der Waals surface area contributed by atoms with E-state index in [0.717, 1.165) is 12.7 Å². The Labute approximate surface area is 155 Å². The molecule has 27 heavy (non-hydrogen) atoms. The molecule has 0 saturated carbocycles. The van der Waals surface area contributed by atoms with Crippen molar-refractivity contribution >= 4 is 27.5 Å². The molecule has 0 atom stereocenters. The average molecular weight is 388 g/mol. The van der Waals surface area contributed by atoms with Gasteiger partial charge in [0.2, 0.25) is 0 Å². The van der Waals surface area contributed by atoms with Crippen molar-refractivity contribution in [3.8, 4) is 0 Å². The zero-order valence-corrected chi connectivity index (χ0v) is 15.6. The minimum absolute atomic E-state index is 0.0454. The van der Waals surface area contributed by atoms with E-state index in [4.69, 9.17) is 0 Å². The number of imidazole rings is 1. The third-order valence-electron chi connectivity index (χ3n) is 3.82. The molecule has 0 aliphatic rings. The maximum Gasteiger partial charge on any atom is 0.339 e. The van der Waals surface area contributed by atoms with Crippen molar-refractivity contribution in [2.75, 3.05) is 7.11 Å². The lowest BCUT2D eigenvalue weighted by Gasteiger charge is -2.10. The van der Waals surface area contributed by atoms with E-state index in [2.05, 4.69) is 14.8 Å². The number of fused-ring (bicyclic) bond motifs is 1. The van der Waals surface area contributed by atoms with E-state index < -0.39 is 21.9 Å². The first kappa shape index (κ1) is 18.5. The molecule has 0 radical (unpaired) electrons. The Morgan fingerprint density at radius 1 is 1.19 bits per heavy atom. The fourth-order valence-electron chi connectivity index (χ4n) is 2.64. The number of sulfonamides is 1. The van der Waals surface area contributed by atoms with E-state index in [1.54, 1.807) is 13.0 Å². The van der Waals surface area contributed by atoms with Crippen LogP contribution in [0.15, 0.2) is 41.4 Å². The number of ether oxygens (including phenoxy) is 1. The van der Waals surface area contributed by atoms with Gasteiger partial charge in [0.15, 0.2) is 11.3 Å². The van der Waals surface area contributed by atoms with Gasteiger partial charge in [0.25, 0.3) is 15.9 Å². The molecule has 0 unspecified atom stereocenters. The zero-order valence-electron chi connectivity index (χ0n) is 14.8. The summed E-state index contributed by atoms with van der Waals surface area (Å²) in [4.78, 5) is 28.1. The summed E-state index contributed by atoms with van der Waals surface area (Å²) in [6.07, 6.45) is 1.24. The van der Waals surface area contributed by atoms with Gasteiger partial charge in [-0.1, -0.05) is 12.1 Å². The van der Waals surface area contributed by atoms with Crippen molar-refractivity contribution in [2.45, 2.75) is 18.7 Å². The first-order valence-electron chi connectivity index (χ1n) is 7.81. The number of methoxy groups -OCH3 is 1. The Morgan fingerprint density at radius 2 is 1.89 bits per heavy atom. The van der Waals surface area contributed by atoms with Gasteiger partial charge in [0.1, 0.15) is 4.90 Å². The molecule has 3 aromatic rings. The second-order valence-electron chi connectivity index (χ2n) is 5.77. The highest BCUT2D eigenvalue weighted by Crippen LogP contribution is 2.17. The largest absolute Gasteiger partial charge is 0.465 e. The maximum absolute atomic E-state index is 12.7. The van der Waals surface area contributed by atoms with Crippen LogP contribution in [0.2, 0.25) is 0 Å². The summed E-state index contributed by atoms with van der Waals surface area (Å²) in [5.74, 6) is -1.74. The standard InChI is InChI=1S/C17H16N4O5S/c1-10-8-11(2)19-21-13(9-18-15(10)21)16(22)20-27(24,25)14-7-5-4-6-12(14)17(23)26-3/h4-9H,1-3H3,(H,20,22). The van der Waals surface area contributed by atoms with Crippen LogP contribution in [0, 0.1) is 13.8 Å². The van der Waals surface area contributed by atoms with E-state index in [-0.39, 0.29) is 16.2 Å². The van der Waals surface area contributed by atoms with Crippen molar-refractivity contribution < 1.29 is 22.7 Å². The van der Waals surface area contributed by atoms with Crippen LogP contribution in [0.3, 0.4) is 0 Å². The van der Waals surface area contributed by atoms with Gasteiger partial charge in [-0.3, -0.25) is 4.79 Å². The first-order valence-corrected chi connectivity index (χ1v) is 9.29. The fraction of sp³-hybridized carbons (Fsp3) is 0.176. The summed E-state index contributed by atoms with van der Waals surface area (Å²) >= 11 is 0. The zero-order chi connectivity index (χ0) is 19.8. The quantitative estimate of drug-likeness (QED) is 0.668. The lowest BCUT2D eigenvalue weighted by molar-refractivity contribution is 0.0596. The fourth-order valence-corrected chi connectivity index (χ4v) is 3.80. The minimum Gasteiger partial charge on any atom is -0.465 e. The molecule has 140 valence electrons. The van der Waals surface area contributed by atoms with Gasteiger partial charge in [-0.25, -0.2) is 27.4 Å². The summed E-state index contributed by atoms with van der Waals surface area (Å²) in [5, 5.41) is 4.20. The summed E-state index contributed by atoms with van der Waals surface area (Å²) in [5.41, 5.74) is 1.66. The van der Waals surface area contributed by atoms with Crippen LogP contribution >= 0.6 is 0 Å². The van der Waals surface area contributed by atoms with Gasteiger partial charge >= 0.3 is 5.97 Å². The molecule has 3 rings (SSSR count). The summed E-state index contributed by atoms with van der Waals surface area (Å²) < 4.78 is 33.1. The highest BCUT2D eigenvalue weighted by Gasteiger charge is 2.26. The molecule has 0 fully saturated rings. The second-order valence-corrected chi connectivity index (χ2v) is 7.42. The molecular formula is C17H16N4O5S. The van der Waals surface area contributed by atoms with E-state index in [1.807, 2.05) is 11.6 Å². The molecule has 1 N–H and O–H groups in total. The molecule has 2 aromatic heterocycles. The number of nitrogens with one attached hydrogen (secondary N) is 1. The molecule has 1 aromatic carbocycles. The van der Waals surface area contributed by atoms with Crippen LogP contribution in [-0.2, 0) is 14.8 Å². The third kappa shape index (κ3) is 3.38. The van der Waals surface area contributed by atoms with Crippen LogP contribution in [0.5, 0.6) is 0 Å². The third-order valence-corrected chi connectivity index (χ3v) is 5.20. The van der Waals surface area contributed by atoms with Crippen LogP contribution < -0.4 is 4.72 Å². The number of benzene rings is 1. The molecule has 0 aliphatic heterocycles. The van der Waals surface area contributed by atoms with Crippen molar-refractivity contribution in [3.63, 3.8) is 0 Å². The number of aromatic nitrogens is 3. The number of amides is 1. The Balaban J connectivity index is 2.01. The predicted molar refractivity (Wildman–Crippen MR) is 94.9 cm³/mol. The van der Waals surface area contributed by atoms with Gasteiger partial charge in [0.05, 0.1) is 24.6 Å². The van der Waals surface area contributed by atoms with Gasteiger partial charge < -0.3 is 4.74 Å². The second kappa shape index (κ2) is 6.80. The van der Waals surface area contributed by atoms with Crippen molar-refractivity contribution in [3.05, 3.63) is 59.0 Å². The Morgan fingerprint density at radius 3 is 2.59 bits per heavy atom. The number of carbonyl (C=O) groups is 2. The lowest BCUT2D eigenvalue weighted by atomic mass is 10.2. The topological polar surface area (TPSA) is 120 Å². The number of carbonyl (C=O) groups excluding carboxylic acids is 2. The molecule has 1 amide bonds. The van der Waals surface area contributed by atoms with Crippen LogP contribution in [0.4, 0.5) is 0 Å². The van der Waals surface area contributed by atoms with E-state index in [9.17, 15) is 18.0 Å². The number of nitrogens with zero attached hydrogens (tertiary/aromatic N) is 3. The summed E-state index contributed by atoms with van der Waals surface area (Å²) in [6, 6.07) is 7.24. The van der Waals surface area contributed by atoms with Gasteiger partial charge in [-0.05, 0) is 37.6 Å². The van der Waals surface area contributed by atoms with Gasteiger partial charge in [0, 0.05) is 0 Å². The van der Waals surface area contributed by atoms with Crippen molar-refractivity contribution in [2.24, 2.45) is 0 Å². The predicted octanol–water partition coefficient (Wildman–Crippen LogP) is 1.25. The number of rotatable bonds is 4. The minimum atomic E-state index is -4.33. The number of aryl methyl sites for hydroxylation is 2. The monoisotopic (exact) mass is 388 g/mol. The van der Waals surface area contributed by atoms with Gasteiger partial charge in [-0.15, -0.1) is 0 Å². The normalized spacial score (nSPS) is 11.4. The van der Waals surface area contributed by atoms with E-state index >= 15 is 0 Å². The molecule has 0 aliphatic carbocycles. The average Bonchev–Trinajstić information content (AvgIpc) is 3.05. The number of hydrogen-bond acceptors (Lipinski definition) is 7. The molecule has 2 heterocycles. The highest BCUT2D eigenvalue weighted by atomic mass is 32.2. The Hall–Kier alpha value is -3.27. The van der Waals surface area contributed by atoms with Crippen LogP contribution in [-0.4, -0.2) is 42.0 Å². The summed E-state index contributed by atoms with van der Waals surface area (Å²) in [7, 11) is -3.19. The van der Waals surface area contributed by atoms with E-state index in [1.165, 1.54) is 35.0 Å². The van der Waals surface area contributed by atoms with Gasteiger partial charge in [-0.2, -0.15) is 5.10 Å². The lowest BCUT2D eigenvalue weighted by Crippen LogP contribution is -2.32. The van der Waals surface area contributed by atoms with Crippen LogP contribution in [0.1, 0.15) is 32.1 Å².